The SMILES string of the molecule is COc1cncc([C@@H](NC(=O)c2cc(C)n(C)c2C)C2CC(O)C2)c1. The van der Waals surface area contributed by atoms with Crippen molar-refractivity contribution in [1.29, 1.82) is 0 Å². The number of carbonyl (C=O) groups excluding carboxylic acids is 1. The molecule has 0 bridgehead atoms. The van der Waals surface area contributed by atoms with Crippen molar-refractivity contribution in [2.75, 3.05) is 7.11 Å². The number of hydrogen-bond acceptors (Lipinski definition) is 4. The fraction of sp³-hybridized carbons (Fsp3) is 0.474. The molecule has 2 N–H and O–H groups in total. The van der Waals surface area contributed by atoms with E-state index in [4.69, 9.17) is 4.74 Å². The number of hydrogen-bond donors (Lipinski definition) is 2. The van der Waals surface area contributed by atoms with Crippen molar-refractivity contribution in [3.05, 3.63) is 47.0 Å². The molecule has 134 valence electrons. The number of pyridine rings is 1. The average molecular weight is 343 g/mol. The van der Waals surface area contributed by atoms with Gasteiger partial charge in [-0.05, 0) is 50.3 Å². The van der Waals surface area contributed by atoms with Crippen LogP contribution in [-0.4, -0.2) is 33.8 Å². The molecule has 0 spiro atoms. The van der Waals surface area contributed by atoms with E-state index in [1.54, 1.807) is 19.5 Å². The van der Waals surface area contributed by atoms with Crippen molar-refractivity contribution >= 4 is 5.91 Å². The Labute approximate surface area is 147 Å². The lowest BCUT2D eigenvalue weighted by Crippen LogP contribution is -2.41. The molecule has 25 heavy (non-hydrogen) atoms. The number of aryl methyl sites for hydroxylation is 1. The van der Waals surface area contributed by atoms with Crippen LogP contribution in [0.4, 0.5) is 0 Å². The van der Waals surface area contributed by atoms with E-state index in [9.17, 15) is 9.90 Å². The van der Waals surface area contributed by atoms with E-state index >= 15 is 0 Å². The van der Waals surface area contributed by atoms with Gasteiger partial charge >= 0.3 is 0 Å². The van der Waals surface area contributed by atoms with Crippen molar-refractivity contribution < 1.29 is 14.6 Å². The fourth-order valence-electron chi connectivity index (χ4n) is 3.40. The zero-order valence-electron chi connectivity index (χ0n) is 15.1. The lowest BCUT2D eigenvalue weighted by molar-refractivity contribution is 0.0234. The van der Waals surface area contributed by atoms with Crippen LogP contribution in [0.3, 0.4) is 0 Å². The Balaban J connectivity index is 1.87. The molecule has 0 unspecified atom stereocenters. The minimum atomic E-state index is -0.288. The number of nitrogens with zero attached hydrogens (tertiary/aromatic N) is 2. The molecule has 2 aromatic heterocycles. The van der Waals surface area contributed by atoms with Gasteiger partial charge in [-0.1, -0.05) is 0 Å². The van der Waals surface area contributed by atoms with Crippen molar-refractivity contribution in [3.63, 3.8) is 0 Å². The van der Waals surface area contributed by atoms with Gasteiger partial charge in [-0.2, -0.15) is 0 Å². The molecule has 0 aliphatic heterocycles. The first-order chi connectivity index (χ1) is 11.9. The Morgan fingerprint density at radius 2 is 2.08 bits per heavy atom. The highest BCUT2D eigenvalue weighted by atomic mass is 16.5. The maximum atomic E-state index is 12.9. The maximum Gasteiger partial charge on any atom is 0.253 e. The van der Waals surface area contributed by atoms with Crippen LogP contribution in [-0.2, 0) is 7.05 Å². The smallest absolute Gasteiger partial charge is 0.253 e. The molecular formula is C19H25N3O3. The summed E-state index contributed by atoms with van der Waals surface area (Å²) >= 11 is 0. The number of amides is 1. The predicted octanol–water partition coefficient (Wildman–Crippen LogP) is 2.29. The molecular weight excluding hydrogens is 318 g/mol. The molecule has 0 saturated heterocycles. The minimum absolute atomic E-state index is 0.101. The minimum Gasteiger partial charge on any atom is -0.495 e. The summed E-state index contributed by atoms with van der Waals surface area (Å²) in [5.41, 5.74) is 3.56. The van der Waals surface area contributed by atoms with Gasteiger partial charge in [0.05, 0.1) is 31.0 Å². The van der Waals surface area contributed by atoms with E-state index in [-0.39, 0.29) is 24.0 Å². The van der Waals surface area contributed by atoms with Gasteiger partial charge in [0.1, 0.15) is 5.75 Å². The molecule has 0 aromatic carbocycles. The quantitative estimate of drug-likeness (QED) is 0.873. The van der Waals surface area contributed by atoms with Crippen molar-refractivity contribution in [2.24, 2.45) is 13.0 Å². The zero-order valence-corrected chi connectivity index (χ0v) is 15.1. The lowest BCUT2D eigenvalue weighted by Gasteiger charge is -2.38. The van der Waals surface area contributed by atoms with Gasteiger partial charge in [0.15, 0.2) is 0 Å². The van der Waals surface area contributed by atoms with Crippen LogP contribution in [0.2, 0.25) is 0 Å². The average Bonchev–Trinajstić information content (AvgIpc) is 2.84. The summed E-state index contributed by atoms with van der Waals surface area (Å²) in [6.07, 6.45) is 4.46. The number of carbonyl (C=O) groups is 1. The Morgan fingerprint density at radius 1 is 1.36 bits per heavy atom. The standard InChI is InChI=1S/C19H25N3O3/c1-11-5-17(12(2)22(11)3)19(24)21-18(13-6-15(23)7-13)14-8-16(25-4)10-20-9-14/h5,8-10,13,15,18,23H,6-7H2,1-4H3,(H,21,24)/t13?,15?,18-/m0/s1. The van der Waals surface area contributed by atoms with Crippen LogP contribution in [0.1, 0.15) is 46.2 Å². The second-order valence-corrected chi connectivity index (χ2v) is 6.84. The van der Waals surface area contributed by atoms with Gasteiger partial charge in [0.2, 0.25) is 0 Å². The highest BCUT2D eigenvalue weighted by molar-refractivity contribution is 5.96. The molecule has 1 amide bonds. The molecule has 6 heteroatoms. The van der Waals surface area contributed by atoms with E-state index < -0.39 is 0 Å². The monoisotopic (exact) mass is 343 g/mol. The topological polar surface area (TPSA) is 76.4 Å². The summed E-state index contributed by atoms with van der Waals surface area (Å²) in [6.45, 7) is 3.92. The molecule has 1 aliphatic carbocycles. The summed E-state index contributed by atoms with van der Waals surface area (Å²) in [5.74, 6) is 0.747. The first kappa shape index (κ1) is 17.5. The number of ether oxygens (including phenoxy) is 1. The molecule has 1 aliphatic rings. The number of methoxy groups -OCH3 is 1. The lowest BCUT2D eigenvalue weighted by atomic mass is 9.75. The van der Waals surface area contributed by atoms with Gasteiger partial charge in [0.25, 0.3) is 5.91 Å². The molecule has 1 fully saturated rings. The summed E-state index contributed by atoms with van der Waals surface area (Å²) < 4.78 is 7.26. The summed E-state index contributed by atoms with van der Waals surface area (Å²) in [6, 6.07) is 3.60. The number of aromatic nitrogens is 2. The second-order valence-electron chi connectivity index (χ2n) is 6.84. The first-order valence-corrected chi connectivity index (χ1v) is 8.51. The number of aliphatic hydroxyl groups excluding tert-OH is 1. The van der Waals surface area contributed by atoms with E-state index in [1.807, 2.05) is 37.6 Å². The molecule has 2 aromatic rings. The van der Waals surface area contributed by atoms with Crippen molar-refractivity contribution in [2.45, 2.75) is 38.8 Å². The van der Waals surface area contributed by atoms with Gasteiger partial charge in [-0.25, -0.2) is 0 Å². The van der Waals surface area contributed by atoms with Gasteiger partial charge in [-0.3, -0.25) is 9.78 Å². The van der Waals surface area contributed by atoms with Crippen LogP contribution >= 0.6 is 0 Å². The maximum absolute atomic E-state index is 12.9. The van der Waals surface area contributed by atoms with Crippen LogP contribution in [0.25, 0.3) is 0 Å². The van der Waals surface area contributed by atoms with Crippen LogP contribution in [0, 0.1) is 19.8 Å². The molecule has 1 saturated carbocycles. The normalized spacial score (nSPS) is 20.7. The highest BCUT2D eigenvalue weighted by Gasteiger charge is 2.36. The summed E-state index contributed by atoms with van der Waals surface area (Å²) in [5, 5.41) is 12.8. The highest BCUT2D eigenvalue weighted by Crippen LogP contribution is 2.38. The largest absolute Gasteiger partial charge is 0.495 e. The fourth-order valence-corrected chi connectivity index (χ4v) is 3.40. The Hall–Kier alpha value is -2.34. The third kappa shape index (κ3) is 3.39. The van der Waals surface area contributed by atoms with Crippen molar-refractivity contribution in [1.82, 2.24) is 14.9 Å². The Morgan fingerprint density at radius 3 is 2.64 bits per heavy atom. The number of nitrogens with one attached hydrogen (secondary N) is 1. The Kier molecular flexibility index (Phi) is 4.81. The first-order valence-electron chi connectivity index (χ1n) is 8.51. The predicted molar refractivity (Wildman–Crippen MR) is 94.6 cm³/mol. The van der Waals surface area contributed by atoms with E-state index in [0.29, 0.717) is 24.2 Å². The number of aliphatic hydroxyl groups is 1. The number of rotatable bonds is 5. The van der Waals surface area contributed by atoms with Crippen LogP contribution in [0.5, 0.6) is 5.75 Å². The summed E-state index contributed by atoms with van der Waals surface area (Å²) in [4.78, 5) is 17.1. The van der Waals surface area contributed by atoms with Crippen LogP contribution < -0.4 is 10.1 Å². The Bertz CT molecular complexity index is 778. The second kappa shape index (κ2) is 6.88. The van der Waals surface area contributed by atoms with E-state index in [1.165, 1.54) is 0 Å². The van der Waals surface area contributed by atoms with E-state index in [2.05, 4.69) is 10.3 Å². The molecule has 0 radical (unpaired) electrons. The van der Waals surface area contributed by atoms with Gasteiger partial charge < -0.3 is 19.7 Å². The van der Waals surface area contributed by atoms with E-state index in [0.717, 1.165) is 17.0 Å². The third-order valence-electron chi connectivity index (χ3n) is 5.26. The van der Waals surface area contributed by atoms with Crippen molar-refractivity contribution in [3.8, 4) is 5.75 Å². The molecule has 6 nitrogen and oxygen atoms in total. The zero-order chi connectivity index (χ0) is 18.1. The molecule has 2 heterocycles. The molecule has 3 rings (SSSR count). The summed E-state index contributed by atoms with van der Waals surface area (Å²) in [7, 11) is 3.55. The third-order valence-corrected chi connectivity index (χ3v) is 5.26. The van der Waals surface area contributed by atoms with Gasteiger partial charge in [-0.15, -0.1) is 0 Å². The van der Waals surface area contributed by atoms with Crippen LogP contribution in [0.15, 0.2) is 24.5 Å². The molecule has 1 atom stereocenters. The van der Waals surface area contributed by atoms with Gasteiger partial charge in [0, 0.05) is 24.6 Å².